The Hall–Kier alpha value is -3.06. The molecular formula is C25H24F5N5O2S. The van der Waals surface area contributed by atoms with Crippen molar-refractivity contribution in [1.82, 2.24) is 19.1 Å². The van der Waals surface area contributed by atoms with Crippen LogP contribution in [-0.2, 0) is 16.6 Å². The predicted octanol–water partition coefficient (Wildman–Crippen LogP) is 4.46. The second-order valence-electron chi connectivity index (χ2n) is 10.2. The van der Waals surface area contributed by atoms with Gasteiger partial charge < -0.3 is 9.47 Å². The molecule has 1 aliphatic carbocycles. The maximum absolute atomic E-state index is 15.2. The molecule has 2 aromatic carbocycles. The fraction of sp³-hybridized carbons (Fsp3) is 0.440. The van der Waals surface area contributed by atoms with Crippen molar-refractivity contribution in [2.24, 2.45) is 11.8 Å². The van der Waals surface area contributed by atoms with Gasteiger partial charge in [0.05, 0.1) is 5.69 Å². The van der Waals surface area contributed by atoms with E-state index in [2.05, 4.69) is 10.2 Å². The van der Waals surface area contributed by atoms with Gasteiger partial charge in [0, 0.05) is 49.1 Å². The van der Waals surface area contributed by atoms with Crippen molar-refractivity contribution in [3.8, 4) is 0 Å². The minimum absolute atomic E-state index is 0.0111. The summed E-state index contributed by atoms with van der Waals surface area (Å²) < 4.78 is 101. The van der Waals surface area contributed by atoms with Crippen molar-refractivity contribution in [3.05, 3.63) is 77.9 Å². The van der Waals surface area contributed by atoms with Gasteiger partial charge in [-0.05, 0) is 24.5 Å². The lowest BCUT2D eigenvalue weighted by atomic mass is 10.0. The molecule has 0 radical (unpaired) electrons. The number of piperidine rings is 1. The fourth-order valence-corrected chi connectivity index (χ4v) is 8.24. The topological polar surface area (TPSA) is 71.3 Å². The molecule has 2 saturated heterocycles. The van der Waals surface area contributed by atoms with E-state index in [1.165, 1.54) is 12.1 Å². The van der Waals surface area contributed by atoms with Gasteiger partial charge in [-0.1, -0.05) is 30.3 Å². The molecule has 6 rings (SSSR count). The van der Waals surface area contributed by atoms with E-state index in [1.807, 2.05) is 4.57 Å². The summed E-state index contributed by atoms with van der Waals surface area (Å²) >= 11 is 0. The number of benzene rings is 2. The lowest BCUT2D eigenvalue weighted by molar-refractivity contribution is -0.176. The molecule has 1 aromatic heterocycles. The van der Waals surface area contributed by atoms with E-state index in [1.54, 1.807) is 35.8 Å². The summed E-state index contributed by atoms with van der Waals surface area (Å²) in [4.78, 5) is 1.71. The highest BCUT2D eigenvalue weighted by molar-refractivity contribution is 7.89. The molecule has 0 N–H and O–H groups in total. The molecule has 13 heteroatoms. The summed E-state index contributed by atoms with van der Waals surface area (Å²) in [6.45, 7) is 0.0527. The lowest BCUT2D eigenvalue weighted by Gasteiger charge is -2.40. The van der Waals surface area contributed by atoms with Gasteiger partial charge in [0.15, 0.2) is 0 Å². The van der Waals surface area contributed by atoms with Gasteiger partial charge in [-0.3, -0.25) is 0 Å². The minimum atomic E-state index is -4.86. The quantitative estimate of drug-likeness (QED) is 0.437. The number of sulfonamides is 1. The maximum atomic E-state index is 15.2. The van der Waals surface area contributed by atoms with Crippen LogP contribution in [0.5, 0.6) is 0 Å². The number of nitrogens with zero attached hydrogens (tertiary/aromatic N) is 5. The molecule has 0 spiro atoms. The normalized spacial score (nSPS) is 28.9. The summed E-state index contributed by atoms with van der Waals surface area (Å²) in [5, 5.41) is 6.39. The Balaban J connectivity index is 1.25. The highest BCUT2D eigenvalue weighted by Gasteiger charge is 2.57. The maximum Gasteiger partial charge on any atom is 0.405 e. The highest BCUT2D eigenvalue weighted by Crippen LogP contribution is 2.56. The zero-order valence-corrected chi connectivity index (χ0v) is 20.8. The van der Waals surface area contributed by atoms with Crippen LogP contribution < -0.4 is 4.90 Å². The van der Waals surface area contributed by atoms with E-state index in [0.717, 1.165) is 12.1 Å². The van der Waals surface area contributed by atoms with Gasteiger partial charge in [-0.25, -0.2) is 17.2 Å². The molecule has 0 amide bonds. The number of rotatable bonds is 5. The Morgan fingerprint density at radius 3 is 2.21 bits per heavy atom. The zero-order chi connectivity index (χ0) is 26.8. The van der Waals surface area contributed by atoms with Crippen molar-refractivity contribution >= 4 is 15.7 Å². The van der Waals surface area contributed by atoms with Crippen molar-refractivity contribution < 1.29 is 30.4 Å². The molecule has 1 unspecified atom stereocenters. The Labute approximate surface area is 215 Å². The molecule has 3 heterocycles. The smallest absolute Gasteiger partial charge is 0.368 e. The van der Waals surface area contributed by atoms with Crippen LogP contribution in [0.4, 0.5) is 27.6 Å². The standard InChI is InChI=1S/C25H24F5N5O2S/c26-19-9-21(33-11-17-18(12-33)24(17)34-13-31-32-14-34)20(27)8-16(19)10-35-23(25(28,29)30)7-6-22(38(35,36)37)15-4-2-1-3-5-15/h1-5,8-9,13-14,17-18,22-24H,6-7,10-12H2/t17-,18+,22-,23-,24?/m1/s1. The van der Waals surface area contributed by atoms with Crippen LogP contribution in [0.25, 0.3) is 0 Å². The van der Waals surface area contributed by atoms with Crippen molar-refractivity contribution in [2.75, 3.05) is 18.0 Å². The van der Waals surface area contributed by atoms with E-state index < -0.39 is 57.7 Å². The molecule has 3 aliphatic rings. The summed E-state index contributed by atoms with van der Waals surface area (Å²) in [6.07, 6.45) is -2.33. The summed E-state index contributed by atoms with van der Waals surface area (Å²) in [5.41, 5.74) is -0.0704. The zero-order valence-electron chi connectivity index (χ0n) is 20.0. The molecule has 3 aromatic rings. The third kappa shape index (κ3) is 4.25. The number of alkyl halides is 3. The first-order valence-electron chi connectivity index (χ1n) is 12.2. The monoisotopic (exact) mass is 553 g/mol. The molecule has 3 fully saturated rings. The fourth-order valence-electron chi connectivity index (χ4n) is 6.08. The molecule has 202 valence electrons. The molecule has 38 heavy (non-hydrogen) atoms. The van der Waals surface area contributed by atoms with Crippen LogP contribution in [0.1, 0.15) is 35.3 Å². The average molecular weight is 554 g/mol. The van der Waals surface area contributed by atoms with Crippen LogP contribution >= 0.6 is 0 Å². The van der Waals surface area contributed by atoms with Gasteiger partial charge >= 0.3 is 6.18 Å². The molecule has 0 bridgehead atoms. The SMILES string of the molecule is O=S1(=O)[C@@H](c2ccccc2)CC[C@H](C(F)(F)F)N1Cc1cc(F)c(N2C[C@@H]3C(n4cnnc4)[C@@H]3C2)cc1F. The van der Waals surface area contributed by atoms with Gasteiger partial charge in [0.2, 0.25) is 10.0 Å². The van der Waals surface area contributed by atoms with E-state index in [9.17, 15) is 21.6 Å². The first-order valence-corrected chi connectivity index (χ1v) is 13.8. The van der Waals surface area contributed by atoms with Gasteiger partial charge in [0.25, 0.3) is 0 Å². The number of fused-ring (bicyclic) bond motifs is 1. The number of anilines is 1. The van der Waals surface area contributed by atoms with Crippen LogP contribution in [0.2, 0.25) is 0 Å². The largest absolute Gasteiger partial charge is 0.405 e. The molecule has 5 atom stereocenters. The molecule has 7 nitrogen and oxygen atoms in total. The summed E-state index contributed by atoms with van der Waals surface area (Å²) in [5.74, 6) is -1.29. The average Bonchev–Trinajstić information content (AvgIpc) is 3.23. The minimum Gasteiger partial charge on any atom is -0.368 e. The summed E-state index contributed by atoms with van der Waals surface area (Å²) in [6, 6.07) is 7.62. The van der Waals surface area contributed by atoms with E-state index in [4.69, 9.17) is 0 Å². The number of halogens is 5. The van der Waals surface area contributed by atoms with Crippen molar-refractivity contribution in [3.63, 3.8) is 0 Å². The van der Waals surface area contributed by atoms with Crippen LogP contribution in [-0.4, -0.2) is 52.8 Å². The first-order chi connectivity index (χ1) is 18.1. The Morgan fingerprint density at radius 2 is 1.58 bits per heavy atom. The number of hydrogen-bond donors (Lipinski definition) is 0. The first kappa shape index (κ1) is 25.2. The van der Waals surface area contributed by atoms with Crippen LogP contribution in [0.3, 0.4) is 0 Å². The second-order valence-corrected chi connectivity index (χ2v) is 12.2. The highest BCUT2D eigenvalue weighted by atomic mass is 32.2. The number of aromatic nitrogens is 3. The molecule has 1 saturated carbocycles. The van der Waals surface area contributed by atoms with Gasteiger partial charge in [0.1, 0.15) is 35.6 Å². The second kappa shape index (κ2) is 9.01. The summed E-state index contributed by atoms with van der Waals surface area (Å²) in [7, 11) is -4.53. The number of hydrogen-bond acceptors (Lipinski definition) is 5. The predicted molar refractivity (Wildman–Crippen MR) is 127 cm³/mol. The van der Waals surface area contributed by atoms with Crippen LogP contribution in [0, 0.1) is 23.5 Å². The lowest BCUT2D eigenvalue weighted by Crippen LogP contribution is -2.52. The van der Waals surface area contributed by atoms with E-state index in [0.29, 0.717) is 23.0 Å². The van der Waals surface area contributed by atoms with E-state index >= 15 is 8.78 Å². The van der Waals surface area contributed by atoms with Crippen LogP contribution in [0.15, 0.2) is 55.1 Å². The van der Waals surface area contributed by atoms with E-state index in [-0.39, 0.29) is 30.0 Å². The van der Waals surface area contributed by atoms with Crippen molar-refractivity contribution in [2.45, 2.75) is 42.9 Å². The third-order valence-electron chi connectivity index (χ3n) is 8.00. The Morgan fingerprint density at radius 1 is 0.921 bits per heavy atom. The van der Waals surface area contributed by atoms with Crippen molar-refractivity contribution in [1.29, 1.82) is 0 Å². The molecular weight excluding hydrogens is 529 g/mol. The third-order valence-corrected chi connectivity index (χ3v) is 10.3. The van der Waals surface area contributed by atoms with Gasteiger partial charge in [-0.2, -0.15) is 17.5 Å². The Kier molecular flexibility index (Phi) is 5.98. The Bertz CT molecular complexity index is 1420. The molecule has 2 aliphatic heterocycles. The van der Waals surface area contributed by atoms with Gasteiger partial charge in [-0.15, -0.1) is 10.2 Å².